The fourth-order valence-corrected chi connectivity index (χ4v) is 4.58. The number of nitrogens with one attached hydrogen (secondary N) is 2. The number of aryl methyl sites for hydroxylation is 1. The van der Waals surface area contributed by atoms with Crippen molar-refractivity contribution in [3.63, 3.8) is 0 Å². The largest absolute Gasteiger partial charge is 0.360 e. The summed E-state index contributed by atoms with van der Waals surface area (Å²) < 4.78 is 0. The van der Waals surface area contributed by atoms with Crippen molar-refractivity contribution >= 4 is 16.8 Å². The lowest BCUT2D eigenvalue weighted by molar-refractivity contribution is 0.0928. The zero-order valence-corrected chi connectivity index (χ0v) is 15.5. The summed E-state index contributed by atoms with van der Waals surface area (Å²) in [6.45, 7) is 1.94. The summed E-state index contributed by atoms with van der Waals surface area (Å²) in [6.07, 6.45) is 8.77. The standard InChI is InChI=1S/C21H20N6O/c1-12-6-7-23-20(25-12)16-10-24-17-8-13(2-4-15(16)17)21(28)26-18-9-14-3-5-19(18)27(14)11-22/h2,4,6-8,10,14,18-19,24H,3,5,9H2,1H3,(H,26,28)/t14-,18+,19+/m0/s1. The van der Waals surface area contributed by atoms with Gasteiger partial charge in [-0.2, -0.15) is 5.26 Å². The Balaban J connectivity index is 1.39. The van der Waals surface area contributed by atoms with Crippen LogP contribution in [0, 0.1) is 18.4 Å². The number of carbonyl (C=O) groups excluding carboxylic acids is 1. The van der Waals surface area contributed by atoms with Gasteiger partial charge in [0, 0.05) is 46.2 Å². The van der Waals surface area contributed by atoms with E-state index in [9.17, 15) is 10.1 Å². The number of rotatable bonds is 3. The van der Waals surface area contributed by atoms with Crippen LogP contribution >= 0.6 is 0 Å². The summed E-state index contributed by atoms with van der Waals surface area (Å²) in [5.41, 5.74) is 3.31. The highest BCUT2D eigenvalue weighted by molar-refractivity contribution is 6.01. The minimum absolute atomic E-state index is 0.0430. The first-order valence-electron chi connectivity index (χ1n) is 9.54. The molecule has 0 unspecified atom stereocenters. The number of hydrogen-bond donors (Lipinski definition) is 2. The Labute approximate surface area is 162 Å². The lowest BCUT2D eigenvalue weighted by Gasteiger charge is -2.21. The van der Waals surface area contributed by atoms with Crippen LogP contribution in [0.2, 0.25) is 0 Å². The molecule has 28 heavy (non-hydrogen) atoms. The maximum Gasteiger partial charge on any atom is 0.251 e. The van der Waals surface area contributed by atoms with Gasteiger partial charge in [-0.25, -0.2) is 9.97 Å². The molecule has 4 heterocycles. The first-order valence-corrected chi connectivity index (χ1v) is 9.54. The summed E-state index contributed by atoms with van der Waals surface area (Å²) in [5.74, 6) is 0.572. The third-order valence-corrected chi connectivity index (χ3v) is 5.95. The van der Waals surface area contributed by atoms with Crippen LogP contribution in [0.5, 0.6) is 0 Å². The molecule has 5 rings (SSSR count). The second-order valence-corrected chi connectivity index (χ2v) is 7.61. The summed E-state index contributed by atoms with van der Waals surface area (Å²) in [6, 6.07) is 7.95. The Morgan fingerprint density at radius 1 is 1.36 bits per heavy atom. The van der Waals surface area contributed by atoms with Crippen LogP contribution in [-0.2, 0) is 0 Å². The molecule has 2 saturated heterocycles. The van der Waals surface area contributed by atoms with Crippen LogP contribution in [0.25, 0.3) is 22.3 Å². The molecule has 0 radical (unpaired) electrons. The molecule has 2 bridgehead atoms. The van der Waals surface area contributed by atoms with Crippen molar-refractivity contribution in [2.24, 2.45) is 0 Å². The molecule has 2 fully saturated rings. The number of nitrogens with zero attached hydrogens (tertiary/aromatic N) is 4. The highest BCUT2D eigenvalue weighted by Gasteiger charge is 2.46. The Morgan fingerprint density at radius 2 is 2.25 bits per heavy atom. The Morgan fingerprint density at radius 3 is 3.04 bits per heavy atom. The molecule has 2 aliphatic rings. The van der Waals surface area contributed by atoms with Crippen molar-refractivity contribution in [3.05, 3.63) is 47.9 Å². The van der Waals surface area contributed by atoms with Crippen LogP contribution in [0.1, 0.15) is 35.3 Å². The average molecular weight is 372 g/mol. The minimum atomic E-state index is -0.0969. The van der Waals surface area contributed by atoms with E-state index >= 15 is 0 Å². The lowest BCUT2D eigenvalue weighted by Crippen LogP contribution is -2.43. The molecule has 1 amide bonds. The van der Waals surface area contributed by atoms with Crippen LogP contribution in [0.3, 0.4) is 0 Å². The molecule has 0 aliphatic carbocycles. The van der Waals surface area contributed by atoms with Gasteiger partial charge in [-0.15, -0.1) is 0 Å². The SMILES string of the molecule is Cc1ccnc(-c2c[nH]c3cc(C(=O)N[C@@H]4C[C@@H]5CC[C@H]4N5C#N)ccc23)n1. The Kier molecular flexibility index (Phi) is 3.79. The van der Waals surface area contributed by atoms with E-state index in [4.69, 9.17) is 0 Å². The van der Waals surface area contributed by atoms with Crippen molar-refractivity contribution in [3.8, 4) is 17.6 Å². The lowest BCUT2D eigenvalue weighted by atomic mass is 9.95. The number of nitriles is 1. The number of aromatic nitrogens is 3. The molecular weight excluding hydrogens is 352 g/mol. The number of fused-ring (bicyclic) bond motifs is 3. The number of H-pyrrole nitrogens is 1. The number of benzene rings is 1. The molecule has 0 saturated carbocycles. The van der Waals surface area contributed by atoms with E-state index in [1.807, 2.05) is 42.3 Å². The number of hydrogen-bond acceptors (Lipinski definition) is 5. The summed E-state index contributed by atoms with van der Waals surface area (Å²) >= 11 is 0. The molecule has 2 N–H and O–H groups in total. The normalized spacial score (nSPS) is 23.1. The summed E-state index contributed by atoms with van der Waals surface area (Å²) in [5, 5.41) is 13.4. The Bertz CT molecular complexity index is 1110. The van der Waals surface area contributed by atoms with Gasteiger partial charge in [0.05, 0.1) is 12.1 Å². The number of carbonyl (C=O) groups is 1. The average Bonchev–Trinajstić information content (AvgIpc) is 3.39. The van der Waals surface area contributed by atoms with Crippen molar-refractivity contribution < 1.29 is 4.79 Å². The maximum atomic E-state index is 12.8. The predicted molar refractivity (Wildman–Crippen MR) is 104 cm³/mol. The number of amides is 1. The predicted octanol–water partition coefficient (Wildman–Crippen LogP) is 2.75. The van der Waals surface area contributed by atoms with Gasteiger partial charge in [0.1, 0.15) is 0 Å². The molecule has 7 nitrogen and oxygen atoms in total. The van der Waals surface area contributed by atoms with E-state index in [1.165, 1.54) is 0 Å². The van der Waals surface area contributed by atoms with Crippen molar-refractivity contribution in [2.75, 3.05) is 0 Å². The van der Waals surface area contributed by atoms with Gasteiger partial charge >= 0.3 is 0 Å². The van der Waals surface area contributed by atoms with Crippen molar-refractivity contribution in [1.29, 1.82) is 5.26 Å². The van der Waals surface area contributed by atoms with Gasteiger partial charge in [0.25, 0.3) is 5.91 Å². The second kappa shape index (κ2) is 6.34. The van der Waals surface area contributed by atoms with Gasteiger partial charge in [-0.1, -0.05) is 6.07 Å². The van der Waals surface area contributed by atoms with E-state index in [0.29, 0.717) is 11.4 Å². The summed E-state index contributed by atoms with van der Waals surface area (Å²) in [4.78, 5) is 26.7. The van der Waals surface area contributed by atoms with Gasteiger partial charge < -0.3 is 15.2 Å². The van der Waals surface area contributed by atoms with Gasteiger partial charge in [-0.05, 0) is 44.4 Å². The highest BCUT2D eigenvalue weighted by Crippen LogP contribution is 2.37. The van der Waals surface area contributed by atoms with Gasteiger partial charge in [0.2, 0.25) is 0 Å². The monoisotopic (exact) mass is 372 g/mol. The molecule has 0 spiro atoms. The molecule has 2 aliphatic heterocycles. The minimum Gasteiger partial charge on any atom is -0.360 e. The number of aromatic amines is 1. The first kappa shape index (κ1) is 16.8. The fourth-order valence-electron chi connectivity index (χ4n) is 4.58. The second-order valence-electron chi connectivity index (χ2n) is 7.61. The van der Waals surface area contributed by atoms with E-state index in [2.05, 4.69) is 26.5 Å². The molecule has 2 aromatic heterocycles. The van der Waals surface area contributed by atoms with Crippen LogP contribution in [0.4, 0.5) is 0 Å². The first-order chi connectivity index (χ1) is 13.6. The molecule has 3 aromatic rings. The topological polar surface area (TPSA) is 97.7 Å². The molecule has 140 valence electrons. The third-order valence-electron chi connectivity index (χ3n) is 5.95. The van der Waals surface area contributed by atoms with Gasteiger partial charge in [-0.3, -0.25) is 4.79 Å². The van der Waals surface area contributed by atoms with E-state index in [-0.39, 0.29) is 24.0 Å². The highest BCUT2D eigenvalue weighted by atomic mass is 16.1. The summed E-state index contributed by atoms with van der Waals surface area (Å²) in [7, 11) is 0. The molecule has 7 heteroatoms. The quantitative estimate of drug-likeness (QED) is 0.689. The third kappa shape index (κ3) is 2.61. The zero-order chi connectivity index (χ0) is 19.3. The maximum absolute atomic E-state index is 12.8. The van der Waals surface area contributed by atoms with Gasteiger partial charge in [0.15, 0.2) is 12.0 Å². The van der Waals surface area contributed by atoms with Crippen molar-refractivity contribution in [2.45, 2.75) is 44.3 Å². The van der Waals surface area contributed by atoms with E-state index < -0.39 is 0 Å². The van der Waals surface area contributed by atoms with Crippen LogP contribution in [0.15, 0.2) is 36.7 Å². The van der Waals surface area contributed by atoms with Crippen LogP contribution in [-0.4, -0.2) is 43.9 Å². The Hall–Kier alpha value is -3.40. The zero-order valence-electron chi connectivity index (χ0n) is 15.5. The molecule has 1 aromatic carbocycles. The van der Waals surface area contributed by atoms with E-state index in [0.717, 1.165) is 41.4 Å². The molecule has 3 atom stereocenters. The van der Waals surface area contributed by atoms with Crippen molar-refractivity contribution in [1.82, 2.24) is 25.2 Å². The fraction of sp³-hybridized carbons (Fsp3) is 0.333. The smallest absolute Gasteiger partial charge is 0.251 e. The molecular formula is C21H20N6O. The van der Waals surface area contributed by atoms with E-state index in [1.54, 1.807) is 6.20 Å². The van der Waals surface area contributed by atoms with Crippen LogP contribution < -0.4 is 5.32 Å².